The van der Waals surface area contributed by atoms with Crippen molar-refractivity contribution in [1.82, 2.24) is 10.3 Å². The van der Waals surface area contributed by atoms with E-state index in [9.17, 15) is 4.79 Å². The third-order valence-corrected chi connectivity index (χ3v) is 4.45. The summed E-state index contributed by atoms with van der Waals surface area (Å²) in [6, 6.07) is 11.0. The van der Waals surface area contributed by atoms with E-state index in [1.807, 2.05) is 24.3 Å². The van der Waals surface area contributed by atoms with Crippen LogP contribution in [0.25, 0.3) is 11.3 Å². The van der Waals surface area contributed by atoms with Crippen molar-refractivity contribution < 1.29 is 9.90 Å². The summed E-state index contributed by atoms with van der Waals surface area (Å²) in [6.45, 7) is 0.0726. The molecule has 0 bridgehead atoms. The monoisotopic (exact) mass is 330 g/mol. The van der Waals surface area contributed by atoms with Crippen molar-refractivity contribution in [3.63, 3.8) is 0 Å². The summed E-state index contributed by atoms with van der Waals surface area (Å²) in [5.74, 6) is 0.280. The predicted molar refractivity (Wildman–Crippen MR) is 90.4 cm³/mol. The maximum absolute atomic E-state index is 12.6. The van der Waals surface area contributed by atoms with Crippen molar-refractivity contribution in [2.45, 2.75) is 25.3 Å². The molecule has 2 aromatic rings. The first kappa shape index (κ1) is 16.0. The second-order valence-corrected chi connectivity index (χ2v) is 6.25. The molecule has 1 unspecified atom stereocenters. The molecular weight excluding hydrogens is 312 g/mol. The molecule has 1 atom stereocenters. The Morgan fingerprint density at radius 3 is 2.83 bits per heavy atom. The smallest absolute Gasteiger partial charge is 0.253 e. The van der Waals surface area contributed by atoms with Crippen LogP contribution in [0.4, 0.5) is 0 Å². The highest BCUT2D eigenvalue weighted by atomic mass is 35.5. The summed E-state index contributed by atoms with van der Waals surface area (Å²) in [4.78, 5) is 16.9. The minimum absolute atomic E-state index is 0.0158. The summed E-state index contributed by atoms with van der Waals surface area (Å²) in [7, 11) is 0. The third-order valence-electron chi connectivity index (χ3n) is 4.12. The Balaban J connectivity index is 1.82. The number of aliphatic hydroxyl groups is 1. The van der Waals surface area contributed by atoms with Crippen LogP contribution in [0.1, 0.15) is 29.6 Å². The van der Waals surface area contributed by atoms with Crippen LogP contribution in [0, 0.1) is 5.92 Å². The van der Waals surface area contributed by atoms with E-state index in [0.717, 1.165) is 24.1 Å². The van der Waals surface area contributed by atoms with E-state index < -0.39 is 0 Å². The molecule has 1 saturated carbocycles. The third kappa shape index (κ3) is 3.89. The molecular formula is C18H19ClN2O2. The molecule has 1 aromatic heterocycles. The number of benzene rings is 1. The fourth-order valence-corrected chi connectivity index (χ4v) is 2.91. The SMILES string of the molecule is O=C(NC(CCO)C1CC1)c1cc(-c2ccccn2)ccc1Cl. The number of pyridine rings is 1. The van der Waals surface area contributed by atoms with Crippen LogP contribution < -0.4 is 5.32 Å². The molecule has 1 heterocycles. The van der Waals surface area contributed by atoms with Gasteiger partial charge in [0.25, 0.3) is 5.91 Å². The van der Waals surface area contributed by atoms with E-state index >= 15 is 0 Å². The highest BCUT2D eigenvalue weighted by Crippen LogP contribution is 2.34. The van der Waals surface area contributed by atoms with Gasteiger partial charge >= 0.3 is 0 Å². The molecule has 1 aromatic carbocycles. The molecule has 0 saturated heterocycles. The average Bonchev–Trinajstić information content (AvgIpc) is 3.40. The van der Waals surface area contributed by atoms with Gasteiger partial charge in [-0.1, -0.05) is 23.7 Å². The van der Waals surface area contributed by atoms with Gasteiger partial charge in [0.05, 0.1) is 16.3 Å². The Kier molecular flexibility index (Phi) is 4.94. The van der Waals surface area contributed by atoms with Crippen molar-refractivity contribution in [3.05, 3.63) is 53.2 Å². The molecule has 3 rings (SSSR count). The average molecular weight is 331 g/mol. The van der Waals surface area contributed by atoms with Crippen LogP contribution >= 0.6 is 11.6 Å². The van der Waals surface area contributed by atoms with Crippen LogP contribution in [-0.2, 0) is 0 Å². The fourth-order valence-electron chi connectivity index (χ4n) is 2.70. The number of nitrogens with zero attached hydrogens (tertiary/aromatic N) is 1. The lowest BCUT2D eigenvalue weighted by molar-refractivity contribution is 0.0924. The number of hydrogen-bond acceptors (Lipinski definition) is 3. The first-order valence-electron chi connectivity index (χ1n) is 7.81. The molecule has 120 valence electrons. The number of aromatic nitrogens is 1. The number of nitrogens with one attached hydrogen (secondary N) is 1. The standard InChI is InChI=1S/C18H19ClN2O2/c19-15-7-6-13(16-3-1-2-9-20-16)11-14(15)18(23)21-17(8-10-22)12-4-5-12/h1-3,6-7,9,11-12,17,22H,4-5,8,10H2,(H,21,23). The van der Waals surface area contributed by atoms with Crippen molar-refractivity contribution >= 4 is 17.5 Å². The number of hydrogen-bond donors (Lipinski definition) is 2. The van der Waals surface area contributed by atoms with E-state index in [2.05, 4.69) is 10.3 Å². The lowest BCUT2D eigenvalue weighted by Crippen LogP contribution is -2.37. The topological polar surface area (TPSA) is 62.2 Å². The van der Waals surface area contributed by atoms with E-state index in [1.54, 1.807) is 18.3 Å². The van der Waals surface area contributed by atoms with Crippen LogP contribution in [-0.4, -0.2) is 28.6 Å². The van der Waals surface area contributed by atoms with E-state index in [4.69, 9.17) is 16.7 Å². The molecule has 1 fully saturated rings. The Morgan fingerprint density at radius 1 is 1.35 bits per heavy atom. The lowest BCUT2D eigenvalue weighted by Gasteiger charge is -2.18. The van der Waals surface area contributed by atoms with Crippen molar-refractivity contribution in [1.29, 1.82) is 0 Å². The van der Waals surface area contributed by atoms with Gasteiger partial charge in [-0.2, -0.15) is 0 Å². The molecule has 1 aliphatic carbocycles. The van der Waals surface area contributed by atoms with Gasteiger partial charge < -0.3 is 10.4 Å². The summed E-state index contributed by atoms with van der Waals surface area (Å²) < 4.78 is 0. The molecule has 0 aliphatic heterocycles. The van der Waals surface area contributed by atoms with Gasteiger partial charge in [-0.25, -0.2) is 0 Å². The number of halogens is 1. The summed E-state index contributed by atoms with van der Waals surface area (Å²) in [5.41, 5.74) is 2.09. The zero-order valence-electron chi connectivity index (χ0n) is 12.7. The maximum Gasteiger partial charge on any atom is 0.253 e. The molecule has 1 aliphatic rings. The van der Waals surface area contributed by atoms with Gasteiger partial charge in [-0.3, -0.25) is 9.78 Å². The number of amides is 1. The summed E-state index contributed by atoms with van der Waals surface area (Å²) in [6.07, 6.45) is 4.50. The van der Waals surface area contributed by atoms with Gasteiger partial charge in [0, 0.05) is 24.4 Å². The second kappa shape index (κ2) is 7.11. The maximum atomic E-state index is 12.6. The quantitative estimate of drug-likeness (QED) is 0.854. The molecule has 0 radical (unpaired) electrons. The molecule has 23 heavy (non-hydrogen) atoms. The molecule has 0 spiro atoms. The Bertz CT molecular complexity index is 687. The lowest BCUT2D eigenvalue weighted by atomic mass is 10.1. The number of carbonyl (C=O) groups excluding carboxylic acids is 1. The highest BCUT2D eigenvalue weighted by Gasteiger charge is 2.32. The number of rotatable bonds is 6. The van der Waals surface area contributed by atoms with Crippen LogP contribution in [0.5, 0.6) is 0 Å². The van der Waals surface area contributed by atoms with Gasteiger partial charge in [0.15, 0.2) is 0 Å². The number of aliphatic hydroxyl groups excluding tert-OH is 1. The van der Waals surface area contributed by atoms with Crippen LogP contribution in [0.2, 0.25) is 5.02 Å². The molecule has 5 heteroatoms. The van der Waals surface area contributed by atoms with Crippen molar-refractivity contribution in [2.75, 3.05) is 6.61 Å². The normalized spacial score (nSPS) is 15.2. The van der Waals surface area contributed by atoms with E-state index in [1.165, 1.54) is 0 Å². The largest absolute Gasteiger partial charge is 0.396 e. The molecule has 2 N–H and O–H groups in total. The first-order chi connectivity index (χ1) is 11.2. The zero-order chi connectivity index (χ0) is 16.2. The first-order valence-corrected chi connectivity index (χ1v) is 8.19. The Labute approximate surface area is 140 Å². The summed E-state index contributed by atoms with van der Waals surface area (Å²) >= 11 is 6.20. The van der Waals surface area contributed by atoms with Crippen molar-refractivity contribution in [2.24, 2.45) is 5.92 Å². The second-order valence-electron chi connectivity index (χ2n) is 5.84. The highest BCUT2D eigenvalue weighted by molar-refractivity contribution is 6.34. The fraction of sp³-hybridized carbons (Fsp3) is 0.333. The Morgan fingerprint density at radius 2 is 2.17 bits per heavy atom. The Hall–Kier alpha value is -1.91. The number of carbonyl (C=O) groups is 1. The molecule has 4 nitrogen and oxygen atoms in total. The van der Waals surface area contributed by atoms with Gasteiger partial charge in [-0.05, 0) is 49.4 Å². The summed E-state index contributed by atoms with van der Waals surface area (Å²) in [5, 5.41) is 12.6. The van der Waals surface area contributed by atoms with Crippen LogP contribution in [0.3, 0.4) is 0 Å². The minimum atomic E-state index is -0.196. The van der Waals surface area contributed by atoms with Gasteiger partial charge in [0.2, 0.25) is 0 Å². The van der Waals surface area contributed by atoms with Gasteiger partial charge in [0.1, 0.15) is 0 Å². The molecule has 1 amide bonds. The minimum Gasteiger partial charge on any atom is -0.396 e. The van der Waals surface area contributed by atoms with E-state index in [-0.39, 0.29) is 18.6 Å². The predicted octanol–water partition coefficient (Wildman–Crippen LogP) is 3.29. The van der Waals surface area contributed by atoms with Crippen LogP contribution in [0.15, 0.2) is 42.6 Å². The zero-order valence-corrected chi connectivity index (χ0v) is 13.5. The van der Waals surface area contributed by atoms with E-state index in [0.29, 0.717) is 22.9 Å². The van der Waals surface area contributed by atoms with Gasteiger partial charge in [-0.15, -0.1) is 0 Å². The van der Waals surface area contributed by atoms with Crippen molar-refractivity contribution in [3.8, 4) is 11.3 Å².